The molecule has 1 atom stereocenters. The topological polar surface area (TPSA) is 152 Å². The number of rotatable bonds is 6. The van der Waals surface area contributed by atoms with Gasteiger partial charge >= 0.3 is 12.2 Å². The lowest BCUT2D eigenvalue weighted by Gasteiger charge is -2.39. The third-order valence-electron chi connectivity index (χ3n) is 7.27. The van der Waals surface area contributed by atoms with Gasteiger partial charge in [0.1, 0.15) is 5.60 Å². The lowest BCUT2D eigenvalue weighted by atomic mass is 10.1. The second-order valence-corrected chi connectivity index (χ2v) is 13.2. The fraction of sp³-hybridized carbons (Fsp3) is 0.567. The number of benzene rings is 1. The standard InChI is InChI=1S/C30H40N8O5/c1-29(2,3)38(28(40)41)26(32-27(39)42-30(4,5)6)37-15-7-8-22(37)16-24-31-25(34-43-24)21-11-9-19(10-12-21)17-36-18-23(33-35-36)20-13-14-20/h9-12,18,20,22H,7-8,13-17H2,1-6H3,(H,40,41). The average molecular weight is 593 g/mol. The minimum atomic E-state index is -1.21. The summed E-state index contributed by atoms with van der Waals surface area (Å²) in [5.74, 6) is 1.48. The highest BCUT2D eigenvalue weighted by molar-refractivity contribution is 5.99. The lowest BCUT2D eigenvalue weighted by Crippen LogP contribution is -2.56. The van der Waals surface area contributed by atoms with Crippen molar-refractivity contribution in [3.63, 3.8) is 0 Å². The van der Waals surface area contributed by atoms with E-state index >= 15 is 0 Å². The van der Waals surface area contributed by atoms with Crippen LogP contribution in [0.15, 0.2) is 40.0 Å². The molecule has 2 amide bonds. The zero-order valence-electron chi connectivity index (χ0n) is 25.6. The normalized spacial score (nSPS) is 17.8. The van der Waals surface area contributed by atoms with Gasteiger partial charge in [-0.3, -0.25) is 0 Å². The first-order valence-electron chi connectivity index (χ1n) is 14.7. The van der Waals surface area contributed by atoms with Gasteiger partial charge < -0.3 is 19.3 Å². The molecule has 0 radical (unpaired) electrons. The van der Waals surface area contributed by atoms with Crippen molar-refractivity contribution < 1.29 is 24.0 Å². The van der Waals surface area contributed by atoms with Crippen molar-refractivity contribution in [3.8, 4) is 11.4 Å². The molecule has 2 aliphatic rings. The maximum absolute atomic E-state index is 12.8. The first-order chi connectivity index (χ1) is 20.3. The van der Waals surface area contributed by atoms with Crippen molar-refractivity contribution in [2.24, 2.45) is 4.99 Å². The number of carbonyl (C=O) groups excluding carboxylic acids is 1. The number of carbonyl (C=O) groups is 2. The molecule has 1 unspecified atom stereocenters. The average Bonchev–Trinajstić information content (AvgIpc) is 3.25. The summed E-state index contributed by atoms with van der Waals surface area (Å²) < 4.78 is 12.9. The number of guanidine groups is 1. The molecule has 230 valence electrons. The predicted octanol–water partition coefficient (Wildman–Crippen LogP) is 5.33. The molecule has 1 saturated carbocycles. The summed E-state index contributed by atoms with van der Waals surface area (Å²) in [6.45, 7) is 11.6. The van der Waals surface area contributed by atoms with Crippen molar-refractivity contribution >= 4 is 18.1 Å². The molecule has 1 aromatic carbocycles. The molecular formula is C30H40N8O5. The quantitative estimate of drug-likeness (QED) is 0.294. The molecule has 1 saturated heterocycles. The highest BCUT2D eigenvalue weighted by Crippen LogP contribution is 2.38. The molecular weight excluding hydrogens is 552 g/mol. The van der Waals surface area contributed by atoms with E-state index in [1.165, 1.54) is 12.8 Å². The van der Waals surface area contributed by atoms with E-state index in [-0.39, 0.29) is 12.0 Å². The van der Waals surface area contributed by atoms with Gasteiger partial charge in [-0.1, -0.05) is 34.6 Å². The van der Waals surface area contributed by atoms with Crippen LogP contribution < -0.4 is 0 Å². The van der Waals surface area contributed by atoms with Gasteiger partial charge in [-0.2, -0.15) is 4.98 Å². The zero-order valence-corrected chi connectivity index (χ0v) is 25.6. The van der Waals surface area contributed by atoms with Crippen LogP contribution >= 0.6 is 0 Å². The first kappa shape index (κ1) is 30.2. The highest BCUT2D eigenvalue weighted by Gasteiger charge is 2.40. The van der Waals surface area contributed by atoms with Gasteiger partial charge in [-0.25, -0.2) is 19.2 Å². The monoisotopic (exact) mass is 592 g/mol. The van der Waals surface area contributed by atoms with E-state index in [2.05, 4.69) is 25.4 Å². The largest absolute Gasteiger partial charge is 0.465 e. The zero-order chi connectivity index (χ0) is 30.9. The van der Waals surface area contributed by atoms with Crippen LogP contribution in [0.3, 0.4) is 0 Å². The van der Waals surface area contributed by atoms with E-state index in [0.717, 1.165) is 34.6 Å². The third kappa shape index (κ3) is 7.57. The number of aliphatic imine (C=N–C) groups is 1. The Hall–Kier alpha value is -4.29. The first-order valence-corrected chi connectivity index (χ1v) is 14.7. The fourth-order valence-corrected chi connectivity index (χ4v) is 5.15. The van der Waals surface area contributed by atoms with Crippen LogP contribution in [0.2, 0.25) is 0 Å². The summed E-state index contributed by atoms with van der Waals surface area (Å²) in [7, 11) is 0. The summed E-state index contributed by atoms with van der Waals surface area (Å²) in [6, 6.07) is 7.71. The molecule has 0 bridgehead atoms. The van der Waals surface area contributed by atoms with Gasteiger partial charge in [0.25, 0.3) is 0 Å². The summed E-state index contributed by atoms with van der Waals surface area (Å²) in [6.07, 6.45) is 4.23. The lowest BCUT2D eigenvalue weighted by molar-refractivity contribution is 0.0595. The van der Waals surface area contributed by atoms with E-state index < -0.39 is 23.3 Å². The van der Waals surface area contributed by atoms with Crippen LogP contribution in [0.1, 0.15) is 90.3 Å². The van der Waals surface area contributed by atoms with Gasteiger partial charge in [0.15, 0.2) is 0 Å². The van der Waals surface area contributed by atoms with Crippen LogP contribution in [0.5, 0.6) is 0 Å². The van der Waals surface area contributed by atoms with E-state index in [0.29, 0.717) is 37.1 Å². The molecule has 13 nitrogen and oxygen atoms in total. The van der Waals surface area contributed by atoms with E-state index in [1.807, 2.05) is 40.0 Å². The Kier molecular flexibility index (Phi) is 8.26. The Morgan fingerprint density at radius 3 is 2.47 bits per heavy atom. The summed E-state index contributed by atoms with van der Waals surface area (Å²) in [5, 5.41) is 22.8. The Bertz CT molecular complexity index is 1480. The van der Waals surface area contributed by atoms with Crippen LogP contribution in [-0.2, 0) is 17.7 Å². The third-order valence-corrected chi connectivity index (χ3v) is 7.27. The number of hydrogen-bond acceptors (Lipinski definition) is 8. The van der Waals surface area contributed by atoms with E-state index in [1.54, 1.807) is 41.5 Å². The molecule has 13 heteroatoms. The van der Waals surface area contributed by atoms with Crippen LogP contribution in [0.4, 0.5) is 9.59 Å². The molecule has 1 aliphatic carbocycles. The number of hydrogen-bond donors (Lipinski definition) is 1. The second kappa shape index (κ2) is 11.8. The maximum Gasteiger partial charge on any atom is 0.437 e. The number of amides is 2. The number of aromatic nitrogens is 5. The smallest absolute Gasteiger partial charge is 0.437 e. The molecule has 1 N–H and O–H groups in total. The van der Waals surface area contributed by atoms with Crippen molar-refractivity contribution in [2.45, 2.75) is 103 Å². The molecule has 3 aromatic rings. The molecule has 43 heavy (non-hydrogen) atoms. The molecule has 0 spiro atoms. The maximum atomic E-state index is 12.8. The number of ether oxygens (including phenoxy) is 1. The summed E-state index contributed by atoms with van der Waals surface area (Å²) in [4.78, 5) is 36.9. The Morgan fingerprint density at radius 1 is 1.12 bits per heavy atom. The molecule has 1 aliphatic heterocycles. The second-order valence-electron chi connectivity index (χ2n) is 13.2. The molecule has 5 rings (SSSR count). The van der Waals surface area contributed by atoms with Crippen molar-refractivity contribution in [2.75, 3.05) is 6.54 Å². The van der Waals surface area contributed by atoms with E-state index in [9.17, 15) is 14.7 Å². The predicted molar refractivity (Wildman–Crippen MR) is 158 cm³/mol. The summed E-state index contributed by atoms with van der Waals surface area (Å²) >= 11 is 0. The molecule has 2 aromatic heterocycles. The van der Waals surface area contributed by atoms with Crippen LogP contribution in [0, 0.1) is 0 Å². The van der Waals surface area contributed by atoms with Gasteiger partial charge in [0.05, 0.1) is 12.2 Å². The summed E-state index contributed by atoms with van der Waals surface area (Å²) in [5.41, 5.74) is 1.32. The van der Waals surface area contributed by atoms with Crippen LogP contribution in [0.25, 0.3) is 11.4 Å². The Balaban J connectivity index is 1.30. The van der Waals surface area contributed by atoms with Gasteiger partial charge in [0.2, 0.25) is 17.7 Å². The van der Waals surface area contributed by atoms with Gasteiger partial charge in [-0.05, 0) is 72.8 Å². The van der Waals surface area contributed by atoms with Crippen molar-refractivity contribution in [1.82, 2.24) is 34.9 Å². The molecule has 3 heterocycles. The number of nitrogens with zero attached hydrogens (tertiary/aromatic N) is 8. The molecule has 2 fully saturated rings. The number of likely N-dealkylation sites (tertiary alicyclic amines) is 1. The Morgan fingerprint density at radius 2 is 1.84 bits per heavy atom. The Labute approximate surface area is 250 Å². The minimum absolute atomic E-state index is 0.0312. The highest BCUT2D eigenvalue weighted by atomic mass is 16.6. The SMILES string of the molecule is CC(C)(C)OC(=O)N=C(N1CCCC1Cc1nc(-c2ccc(Cn3cc(C4CC4)nn3)cc2)no1)N(C(=O)O)C(C)(C)C. The minimum Gasteiger partial charge on any atom is -0.465 e. The number of carboxylic acid groups (broad SMARTS) is 1. The fourth-order valence-electron chi connectivity index (χ4n) is 5.15. The van der Waals surface area contributed by atoms with Gasteiger partial charge in [0, 0.05) is 42.2 Å². The van der Waals surface area contributed by atoms with Gasteiger partial charge in [-0.15, -0.1) is 10.1 Å². The van der Waals surface area contributed by atoms with Crippen molar-refractivity contribution in [1.29, 1.82) is 0 Å². The van der Waals surface area contributed by atoms with E-state index in [4.69, 9.17) is 9.26 Å². The van der Waals surface area contributed by atoms with Crippen molar-refractivity contribution in [3.05, 3.63) is 47.6 Å². The van der Waals surface area contributed by atoms with Crippen LogP contribution in [-0.4, -0.2) is 81.9 Å².